The van der Waals surface area contributed by atoms with Gasteiger partial charge in [0.25, 0.3) is 0 Å². The normalized spacial score (nSPS) is 23.0. The molecular weight excluding hydrogens is 674 g/mol. The molecule has 0 unspecified atom stereocenters. The minimum Gasteiger partial charge on any atom is -0.310 e. The largest absolute Gasteiger partial charge is 0.310 e. The maximum absolute atomic E-state index is 7.81. The highest BCUT2D eigenvalue weighted by molar-refractivity contribution is 6.34. The molecule has 1 nitrogen and oxygen atoms in total. The molecule has 4 fully saturated rings. The predicted octanol–water partition coefficient (Wildman–Crippen LogP) is 14.5. The van der Waals surface area contributed by atoms with Crippen molar-refractivity contribution in [2.45, 2.75) is 37.5 Å². The molecule has 0 heterocycles. The molecular formula is C52H42ClN. The van der Waals surface area contributed by atoms with Gasteiger partial charge in [-0.05, 0) is 131 Å². The molecule has 4 bridgehead atoms. The van der Waals surface area contributed by atoms with Crippen molar-refractivity contribution in [1.82, 2.24) is 0 Å². The average Bonchev–Trinajstić information content (AvgIpc) is 3.52. The Balaban J connectivity index is 1.16. The molecule has 0 radical (unpaired) electrons. The quantitative estimate of drug-likeness (QED) is 0.166. The van der Waals surface area contributed by atoms with E-state index in [1.807, 2.05) is 0 Å². The van der Waals surface area contributed by atoms with E-state index in [2.05, 4.69) is 175 Å². The van der Waals surface area contributed by atoms with Crippen molar-refractivity contribution in [1.29, 1.82) is 0 Å². The lowest BCUT2D eigenvalue weighted by molar-refractivity contribution is -0.0399. The second-order valence-electron chi connectivity index (χ2n) is 16.2. The molecule has 54 heavy (non-hydrogen) atoms. The zero-order valence-electron chi connectivity index (χ0n) is 30.3. The molecule has 4 saturated carbocycles. The first-order valence-electron chi connectivity index (χ1n) is 19.8. The number of halogens is 1. The summed E-state index contributed by atoms with van der Waals surface area (Å²) in [6.45, 7) is 0. The number of hydrogen-bond donors (Lipinski definition) is 0. The molecule has 5 aliphatic carbocycles. The first-order valence-corrected chi connectivity index (χ1v) is 20.2. The Bertz CT molecular complexity index is 2480. The van der Waals surface area contributed by atoms with Gasteiger partial charge in [-0.25, -0.2) is 0 Å². The summed E-state index contributed by atoms with van der Waals surface area (Å²) in [6.07, 6.45) is 6.72. The number of benzene rings is 7. The fourth-order valence-corrected chi connectivity index (χ4v) is 12.0. The smallest absolute Gasteiger partial charge is 0.0540 e. The second-order valence-corrected chi connectivity index (χ2v) is 16.7. The molecule has 262 valence electrons. The number of anilines is 3. The van der Waals surface area contributed by atoms with Crippen molar-refractivity contribution in [2.75, 3.05) is 4.90 Å². The Morgan fingerprint density at radius 1 is 0.426 bits per heavy atom. The van der Waals surface area contributed by atoms with Crippen molar-refractivity contribution in [3.63, 3.8) is 0 Å². The van der Waals surface area contributed by atoms with Crippen LogP contribution in [-0.2, 0) is 5.41 Å². The Hall–Kier alpha value is -5.37. The van der Waals surface area contributed by atoms with Crippen LogP contribution in [0.5, 0.6) is 0 Å². The molecule has 5 aliphatic rings. The van der Waals surface area contributed by atoms with Crippen molar-refractivity contribution < 1.29 is 0 Å². The molecule has 0 aliphatic heterocycles. The zero-order chi connectivity index (χ0) is 35.8. The lowest BCUT2D eigenvalue weighted by Crippen LogP contribution is -2.55. The van der Waals surface area contributed by atoms with E-state index in [0.717, 1.165) is 33.9 Å². The topological polar surface area (TPSA) is 3.24 Å². The first-order chi connectivity index (χ1) is 26.7. The summed E-state index contributed by atoms with van der Waals surface area (Å²) < 4.78 is 0. The van der Waals surface area contributed by atoms with Crippen LogP contribution in [-0.4, -0.2) is 0 Å². The average molecular weight is 716 g/mol. The van der Waals surface area contributed by atoms with E-state index in [0.29, 0.717) is 11.8 Å². The van der Waals surface area contributed by atoms with Gasteiger partial charge in [-0.15, -0.1) is 0 Å². The minimum atomic E-state index is -0.0374. The Labute approximate surface area is 323 Å². The standard InChI is InChI=1S/C52H42ClN/c53-48-33-43(54(42-25-23-37(24-26-42)36-13-4-1-5-14-36)49-22-11-10-19-44(49)38-15-6-2-7-16-38)32-47-51(48)50-45(39-17-8-3-9-18-39)20-12-21-46(50)52(47)40-28-34-27-35(30-40)31-41(52)29-34/h1-26,32-35,40-41H,27-31H2. The summed E-state index contributed by atoms with van der Waals surface area (Å²) in [5.41, 5.74) is 16.3. The molecule has 0 aromatic heterocycles. The number of hydrogen-bond acceptors (Lipinski definition) is 1. The fourth-order valence-electron chi connectivity index (χ4n) is 11.7. The highest BCUT2D eigenvalue weighted by Gasteiger charge is 2.62. The summed E-state index contributed by atoms with van der Waals surface area (Å²) in [7, 11) is 0. The Kier molecular flexibility index (Phi) is 7.49. The van der Waals surface area contributed by atoms with Crippen LogP contribution >= 0.6 is 11.6 Å². The maximum Gasteiger partial charge on any atom is 0.0540 e. The Morgan fingerprint density at radius 3 is 1.61 bits per heavy atom. The number of rotatable bonds is 6. The number of para-hydroxylation sites is 1. The molecule has 7 aromatic rings. The van der Waals surface area contributed by atoms with E-state index in [1.165, 1.54) is 87.7 Å². The van der Waals surface area contributed by atoms with Gasteiger partial charge in [0.15, 0.2) is 0 Å². The lowest BCUT2D eigenvalue weighted by atomic mass is 9.43. The van der Waals surface area contributed by atoms with Gasteiger partial charge in [0, 0.05) is 27.9 Å². The van der Waals surface area contributed by atoms with Gasteiger partial charge in [-0.3, -0.25) is 0 Å². The van der Waals surface area contributed by atoms with Gasteiger partial charge in [0.2, 0.25) is 0 Å². The summed E-state index contributed by atoms with van der Waals surface area (Å²) in [4.78, 5) is 2.47. The van der Waals surface area contributed by atoms with Crippen LogP contribution in [0.3, 0.4) is 0 Å². The number of nitrogens with zero attached hydrogens (tertiary/aromatic N) is 1. The highest BCUT2D eigenvalue weighted by Crippen LogP contribution is 2.71. The van der Waals surface area contributed by atoms with E-state index < -0.39 is 0 Å². The van der Waals surface area contributed by atoms with E-state index in [-0.39, 0.29) is 5.41 Å². The van der Waals surface area contributed by atoms with Gasteiger partial charge in [0.05, 0.1) is 10.7 Å². The molecule has 0 saturated heterocycles. The van der Waals surface area contributed by atoms with Crippen molar-refractivity contribution in [3.8, 4) is 44.5 Å². The molecule has 0 N–H and O–H groups in total. The number of fused-ring (bicyclic) bond motifs is 3. The third-order valence-electron chi connectivity index (χ3n) is 13.5. The summed E-state index contributed by atoms with van der Waals surface area (Å²) in [5, 5.41) is 0.848. The maximum atomic E-state index is 7.81. The van der Waals surface area contributed by atoms with Gasteiger partial charge in [-0.1, -0.05) is 151 Å². The van der Waals surface area contributed by atoms with Crippen LogP contribution in [0.25, 0.3) is 44.5 Å². The Morgan fingerprint density at radius 2 is 0.963 bits per heavy atom. The third-order valence-corrected chi connectivity index (χ3v) is 13.8. The van der Waals surface area contributed by atoms with Crippen molar-refractivity contribution in [2.24, 2.45) is 23.7 Å². The first kappa shape index (κ1) is 32.1. The van der Waals surface area contributed by atoms with Crippen LogP contribution in [0.2, 0.25) is 5.02 Å². The monoisotopic (exact) mass is 715 g/mol. The summed E-state index contributed by atoms with van der Waals surface area (Å²) >= 11 is 7.81. The van der Waals surface area contributed by atoms with Crippen LogP contribution in [0.1, 0.15) is 43.2 Å². The molecule has 12 rings (SSSR count). The van der Waals surface area contributed by atoms with Crippen LogP contribution in [0.15, 0.2) is 170 Å². The molecule has 7 aromatic carbocycles. The SMILES string of the molecule is Clc1cc(N(c2ccc(-c3ccccc3)cc2)c2ccccc2-c2ccccc2)cc2c1-c1c(-c3ccccc3)cccc1C21C2CC3CC(C2)CC1C3. The third kappa shape index (κ3) is 4.84. The molecule has 2 heteroatoms. The fraction of sp³-hybridized carbons (Fsp3) is 0.192. The van der Waals surface area contributed by atoms with Crippen molar-refractivity contribution in [3.05, 3.63) is 186 Å². The predicted molar refractivity (Wildman–Crippen MR) is 226 cm³/mol. The van der Waals surface area contributed by atoms with Crippen LogP contribution in [0.4, 0.5) is 17.1 Å². The second kappa shape index (κ2) is 12.6. The highest BCUT2D eigenvalue weighted by atomic mass is 35.5. The lowest BCUT2D eigenvalue weighted by Gasteiger charge is -2.61. The zero-order valence-corrected chi connectivity index (χ0v) is 31.1. The summed E-state index contributed by atoms with van der Waals surface area (Å²) in [5.74, 6) is 2.97. The van der Waals surface area contributed by atoms with Gasteiger partial charge >= 0.3 is 0 Å². The van der Waals surface area contributed by atoms with Gasteiger partial charge < -0.3 is 4.90 Å². The van der Waals surface area contributed by atoms with Gasteiger partial charge in [0.1, 0.15) is 0 Å². The van der Waals surface area contributed by atoms with E-state index >= 15 is 0 Å². The van der Waals surface area contributed by atoms with Crippen LogP contribution in [0, 0.1) is 23.7 Å². The summed E-state index contributed by atoms with van der Waals surface area (Å²) in [6, 6.07) is 62.4. The van der Waals surface area contributed by atoms with Gasteiger partial charge in [-0.2, -0.15) is 0 Å². The molecule has 0 atom stereocenters. The van der Waals surface area contributed by atoms with E-state index in [1.54, 1.807) is 0 Å². The minimum absolute atomic E-state index is 0.0374. The van der Waals surface area contributed by atoms with Crippen molar-refractivity contribution >= 4 is 28.7 Å². The molecule has 0 amide bonds. The van der Waals surface area contributed by atoms with E-state index in [9.17, 15) is 0 Å². The molecule has 1 spiro atoms. The van der Waals surface area contributed by atoms with E-state index in [4.69, 9.17) is 11.6 Å². The van der Waals surface area contributed by atoms with Crippen LogP contribution < -0.4 is 4.90 Å².